The topological polar surface area (TPSA) is 46.9 Å². The van der Waals surface area contributed by atoms with Gasteiger partial charge in [0.05, 0.1) is 11.7 Å². The van der Waals surface area contributed by atoms with Gasteiger partial charge in [-0.05, 0) is 41.7 Å². The molecule has 1 heterocycles. The number of halogens is 1. The smallest absolute Gasteiger partial charge is 0.230 e. The number of benzene rings is 2. The average molecular weight is 380 g/mol. The van der Waals surface area contributed by atoms with Crippen molar-refractivity contribution in [3.63, 3.8) is 0 Å². The largest absolute Gasteiger partial charge is 0.351 e. The lowest BCUT2D eigenvalue weighted by molar-refractivity contribution is -0.130. The van der Waals surface area contributed by atoms with Gasteiger partial charge in [0.15, 0.2) is 0 Å². The maximum absolute atomic E-state index is 12.9. The molecule has 1 N–H and O–H groups in total. The molecule has 0 saturated heterocycles. The van der Waals surface area contributed by atoms with Gasteiger partial charge in [-0.2, -0.15) is 0 Å². The Hall–Kier alpha value is -2.59. The third-order valence-corrected chi connectivity index (χ3v) is 5.65. The van der Waals surface area contributed by atoms with Crippen LogP contribution in [-0.2, 0) is 23.3 Å². The Bertz CT molecular complexity index is 915. The van der Waals surface area contributed by atoms with E-state index < -0.39 is 5.41 Å². The molecular formula is C22H22ClN3O. The second-order valence-corrected chi connectivity index (χ2v) is 7.62. The van der Waals surface area contributed by atoms with Crippen LogP contribution in [0.5, 0.6) is 0 Å². The van der Waals surface area contributed by atoms with Gasteiger partial charge in [0.2, 0.25) is 5.91 Å². The molecule has 0 atom stereocenters. The summed E-state index contributed by atoms with van der Waals surface area (Å²) in [5, 5.41) is 3.81. The molecule has 0 radical (unpaired) electrons. The maximum atomic E-state index is 12.9. The Labute approximate surface area is 164 Å². The summed E-state index contributed by atoms with van der Waals surface area (Å²) in [6.45, 7) is 1.33. The second kappa shape index (κ2) is 7.57. The fourth-order valence-corrected chi connectivity index (χ4v) is 3.86. The molecule has 4 nitrogen and oxygen atoms in total. The van der Waals surface area contributed by atoms with Gasteiger partial charge < -0.3 is 9.88 Å². The molecule has 1 amide bonds. The quantitative estimate of drug-likeness (QED) is 0.693. The zero-order valence-corrected chi connectivity index (χ0v) is 15.8. The molecule has 4 rings (SSSR count). The fourth-order valence-electron chi connectivity index (χ4n) is 3.67. The predicted octanol–water partition coefficient (Wildman–Crippen LogP) is 4.32. The van der Waals surface area contributed by atoms with Crippen molar-refractivity contribution in [1.82, 2.24) is 14.9 Å². The molecule has 0 spiro atoms. The van der Waals surface area contributed by atoms with Crippen LogP contribution >= 0.6 is 11.6 Å². The van der Waals surface area contributed by atoms with Crippen molar-refractivity contribution in [2.45, 2.75) is 37.8 Å². The molecule has 1 aromatic heterocycles. The van der Waals surface area contributed by atoms with Crippen LogP contribution in [0.25, 0.3) is 0 Å². The van der Waals surface area contributed by atoms with Gasteiger partial charge in [-0.1, -0.05) is 54.4 Å². The van der Waals surface area contributed by atoms with Crippen LogP contribution in [-0.4, -0.2) is 15.5 Å². The van der Waals surface area contributed by atoms with Crippen molar-refractivity contribution >= 4 is 17.5 Å². The van der Waals surface area contributed by atoms with Crippen LogP contribution in [0.2, 0.25) is 5.02 Å². The molecule has 0 aliphatic heterocycles. The van der Waals surface area contributed by atoms with Crippen molar-refractivity contribution in [2.24, 2.45) is 0 Å². The molecule has 0 bridgehead atoms. The van der Waals surface area contributed by atoms with E-state index in [1.54, 1.807) is 6.20 Å². The summed E-state index contributed by atoms with van der Waals surface area (Å²) in [6.07, 6.45) is 8.36. The monoisotopic (exact) mass is 379 g/mol. The highest BCUT2D eigenvalue weighted by Gasteiger charge is 2.45. The van der Waals surface area contributed by atoms with Crippen molar-refractivity contribution in [3.05, 3.63) is 89.0 Å². The molecule has 5 heteroatoms. The first-order valence-electron chi connectivity index (χ1n) is 9.24. The Kier molecular flexibility index (Phi) is 4.99. The van der Waals surface area contributed by atoms with E-state index >= 15 is 0 Å². The zero-order valence-electron chi connectivity index (χ0n) is 15.1. The molecule has 0 unspecified atom stereocenters. The summed E-state index contributed by atoms with van der Waals surface area (Å²) in [4.78, 5) is 17.0. The van der Waals surface area contributed by atoms with E-state index in [4.69, 9.17) is 11.6 Å². The van der Waals surface area contributed by atoms with Crippen molar-refractivity contribution < 1.29 is 4.79 Å². The minimum atomic E-state index is -0.424. The number of rotatable bonds is 6. The van der Waals surface area contributed by atoms with Crippen LogP contribution in [0.15, 0.2) is 67.3 Å². The fraction of sp³-hybridized carbons (Fsp3) is 0.273. The van der Waals surface area contributed by atoms with E-state index in [0.29, 0.717) is 11.6 Å². The van der Waals surface area contributed by atoms with Crippen LogP contribution in [0.4, 0.5) is 0 Å². The SMILES string of the molecule is O=C(NCc1ccc(Cn2ccnc2)cc1)C1(c2cccc(Cl)c2)CCC1. The summed E-state index contributed by atoms with van der Waals surface area (Å²) in [5.74, 6) is 0.0958. The number of imidazole rings is 1. The predicted molar refractivity (Wildman–Crippen MR) is 107 cm³/mol. The highest BCUT2D eigenvalue weighted by molar-refractivity contribution is 6.30. The lowest BCUT2D eigenvalue weighted by Crippen LogP contribution is -2.49. The van der Waals surface area contributed by atoms with Crippen molar-refractivity contribution in [3.8, 4) is 0 Å². The average Bonchev–Trinajstić information content (AvgIpc) is 3.13. The highest BCUT2D eigenvalue weighted by Crippen LogP contribution is 2.44. The van der Waals surface area contributed by atoms with Crippen molar-refractivity contribution in [2.75, 3.05) is 0 Å². The molecule has 1 fully saturated rings. The van der Waals surface area contributed by atoms with Crippen LogP contribution < -0.4 is 5.32 Å². The van der Waals surface area contributed by atoms with Crippen LogP contribution in [0.3, 0.4) is 0 Å². The lowest BCUT2D eigenvalue weighted by atomic mass is 9.64. The molecular weight excluding hydrogens is 358 g/mol. The summed E-state index contributed by atoms with van der Waals surface area (Å²) >= 11 is 6.14. The van der Waals surface area contributed by atoms with Gasteiger partial charge in [0.1, 0.15) is 0 Å². The number of carbonyl (C=O) groups is 1. The van der Waals surface area contributed by atoms with Crippen LogP contribution in [0, 0.1) is 0 Å². The Morgan fingerprint density at radius 1 is 1.15 bits per heavy atom. The number of hydrogen-bond donors (Lipinski definition) is 1. The summed E-state index contributed by atoms with van der Waals surface area (Å²) in [7, 11) is 0. The first kappa shape index (κ1) is 17.8. The molecule has 1 saturated carbocycles. The van der Waals surface area contributed by atoms with Crippen molar-refractivity contribution in [1.29, 1.82) is 0 Å². The number of aromatic nitrogens is 2. The lowest BCUT2D eigenvalue weighted by Gasteiger charge is -2.40. The van der Waals surface area contributed by atoms with E-state index in [2.05, 4.69) is 34.6 Å². The van der Waals surface area contributed by atoms with E-state index in [0.717, 1.165) is 36.9 Å². The Morgan fingerprint density at radius 3 is 2.56 bits per heavy atom. The standard InChI is InChI=1S/C22H22ClN3O/c23-20-4-1-3-19(13-20)22(9-2-10-22)21(27)25-14-17-5-7-18(8-6-17)15-26-12-11-24-16-26/h1,3-8,11-13,16H,2,9-10,14-15H2,(H,25,27). The molecule has 2 aromatic carbocycles. The van der Waals surface area contributed by atoms with Gasteiger partial charge in [-0.15, -0.1) is 0 Å². The first-order valence-corrected chi connectivity index (χ1v) is 9.61. The minimum absolute atomic E-state index is 0.0958. The second-order valence-electron chi connectivity index (χ2n) is 7.18. The van der Waals surface area contributed by atoms with Gasteiger partial charge in [-0.25, -0.2) is 4.98 Å². The highest BCUT2D eigenvalue weighted by atomic mass is 35.5. The maximum Gasteiger partial charge on any atom is 0.230 e. The third-order valence-electron chi connectivity index (χ3n) is 5.42. The van der Waals surface area contributed by atoms with E-state index in [1.807, 2.05) is 41.4 Å². The number of amides is 1. The number of hydrogen-bond acceptors (Lipinski definition) is 2. The molecule has 27 heavy (non-hydrogen) atoms. The van der Waals surface area contributed by atoms with E-state index in [-0.39, 0.29) is 5.91 Å². The minimum Gasteiger partial charge on any atom is -0.351 e. The summed E-state index contributed by atoms with van der Waals surface area (Å²) in [5.41, 5.74) is 2.90. The molecule has 1 aliphatic rings. The van der Waals surface area contributed by atoms with Gasteiger partial charge in [-0.3, -0.25) is 4.79 Å². The summed E-state index contributed by atoms with van der Waals surface area (Å²) in [6, 6.07) is 16.0. The molecule has 1 aliphatic carbocycles. The molecule has 138 valence electrons. The van der Waals surface area contributed by atoms with Gasteiger partial charge >= 0.3 is 0 Å². The van der Waals surface area contributed by atoms with Gasteiger partial charge in [0, 0.05) is 30.5 Å². The van der Waals surface area contributed by atoms with Gasteiger partial charge in [0.25, 0.3) is 0 Å². The Balaban J connectivity index is 1.40. The number of nitrogens with one attached hydrogen (secondary N) is 1. The third kappa shape index (κ3) is 3.76. The Morgan fingerprint density at radius 2 is 1.93 bits per heavy atom. The normalized spacial score (nSPS) is 15.1. The number of carbonyl (C=O) groups excluding carboxylic acids is 1. The summed E-state index contributed by atoms with van der Waals surface area (Å²) < 4.78 is 2.03. The molecule has 3 aromatic rings. The van der Waals surface area contributed by atoms with E-state index in [9.17, 15) is 4.79 Å². The van der Waals surface area contributed by atoms with E-state index in [1.165, 1.54) is 5.56 Å². The zero-order chi connectivity index (χ0) is 18.7. The number of nitrogens with zero attached hydrogens (tertiary/aromatic N) is 2. The van der Waals surface area contributed by atoms with Crippen LogP contribution in [0.1, 0.15) is 36.0 Å². The first-order chi connectivity index (χ1) is 13.2.